The Balaban J connectivity index is 1.23. The Morgan fingerprint density at radius 2 is 2.00 bits per heavy atom. The Hall–Kier alpha value is -2.70. The maximum Gasteiger partial charge on any atom is 0.173 e. The SMILES string of the molecule is CCS(=O)c1ccc(CCC(=O)c2cc3c(s2)C2(CCN(C(C)c4ccc(C#N)cc4)CC2)OCC3)nc1. The zero-order valence-corrected chi connectivity index (χ0v) is 23.6. The lowest BCUT2D eigenvalue weighted by Crippen LogP contribution is -2.46. The van der Waals surface area contributed by atoms with E-state index in [0.29, 0.717) is 30.8 Å². The summed E-state index contributed by atoms with van der Waals surface area (Å²) >= 11 is 1.62. The molecule has 8 heteroatoms. The fraction of sp³-hybridized carbons (Fsp3) is 0.433. The van der Waals surface area contributed by atoms with E-state index in [4.69, 9.17) is 10.00 Å². The third-order valence-corrected chi connectivity index (χ3v) is 10.5. The molecule has 1 spiro atoms. The first kappa shape index (κ1) is 26.9. The van der Waals surface area contributed by atoms with Gasteiger partial charge in [-0.1, -0.05) is 19.1 Å². The second-order valence-corrected chi connectivity index (χ2v) is 12.8. The number of Topliss-reactive ketones (excluding diaryl/α,β-unsaturated/α-hetero) is 1. The van der Waals surface area contributed by atoms with Crippen LogP contribution in [0.1, 0.15) is 76.1 Å². The number of hydrogen-bond donors (Lipinski definition) is 0. The second-order valence-electron chi connectivity index (χ2n) is 10.0. The van der Waals surface area contributed by atoms with Gasteiger partial charge < -0.3 is 4.74 Å². The first-order valence-electron chi connectivity index (χ1n) is 13.3. The van der Waals surface area contributed by atoms with Gasteiger partial charge in [-0.3, -0.25) is 18.9 Å². The standard InChI is InChI=1S/C30H33N3O3S2/c1-3-38(35)26-10-8-25(32-20-26)9-11-27(34)28-18-24-12-17-36-30(29(24)37-28)13-15-33(16-14-30)21(2)23-6-4-22(19-31)5-7-23/h4-8,10,18,20-21H,3,9,11-17H2,1-2H3. The minimum Gasteiger partial charge on any atom is -0.369 e. The Kier molecular flexibility index (Phi) is 8.20. The van der Waals surface area contributed by atoms with Crippen molar-refractivity contribution in [1.82, 2.24) is 9.88 Å². The highest BCUT2D eigenvalue weighted by Gasteiger charge is 2.43. The largest absolute Gasteiger partial charge is 0.369 e. The van der Waals surface area contributed by atoms with E-state index in [1.807, 2.05) is 31.2 Å². The highest BCUT2D eigenvalue weighted by molar-refractivity contribution is 7.85. The minimum atomic E-state index is -1.01. The van der Waals surface area contributed by atoms with Crippen LogP contribution in [0, 0.1) is 11.3 Å². The van der Waals surface area contributed by atoms with Crippen LogP contribution < -0.4 is 0 Å². The lowest BCUT2D eigenvalue weighted by molar-refractivity contribution is -0.0994. The van der Waals surface area contributed by atoms with Crippen LogP contribution in [0.3, 0.4) is 0 Å². The van der Waals surface area contributed by atoms with Gasteiger partial charge in [-0.15, -0.1) is 11.3 Å². The molecule has 38 heavy (non-hydrogen) atoms. The number of carbonyl (C=O) groups excluding carboxylic acids is 1. The number of hydrogen-bond acceptors (Lipinski definition) is 7. The third-order valence-electron chi connectivity index (χ3n) is 7.85. The number of fused-ring (bicyclic) bond motifs is 2. The summed E-state index contributed by atoms with van der Waals surface area (Å²) in [6.07, 6.45) is 5.31. The molecule has 0 aliphatic carbocycles. The zero-order valence-electron chi connectivity index (χ0n) is 21.9. The normalized spacial score (nSPS) is 18.4. The number of rotatable bonds is 8. The number of ketones is 1. The number of pyridine rings is 1. The van der Waals surface area contributed by atoms with Gasteiger partial charge in [0, 0.05) is 48.1 Å². The van der Waals surface area contributed by atoms with Crippen molar-refractivity contribution in [3.05, 3.63) is 80.8 Å². The molecular formula is C30H33N3O3S2. The molecular weight excluding hydrogens is 514 g/mol. The van der Waals surface area contributed by atoms with Crippen LogP contribution >= 0.6 is 11.3 Å². The van der Waals surface area contributed by atoms with Crippen molar-refractivity contribution in [1.29, 1.82) is 5.26 Å². The van der Waals surface area contributed by atoms with Gasteiger partial charge in [0.2, 0.25) is 0 Å². The van der Waals surface area contributed by atoms with Crippen LogP contribution in [0.2, 0.25) is 0 Å². The van der Waals surface area contributed by atoms with E-state index < -0.39 is 10.8 Å². The fourth-order valence-electron chi connectivity index (χ4n) is 5.48. The van der Waals surface area contributed by atoms with Crippen LogP contribution in [-0.4, -0.2) is 45.3 Å². The average Bonchev–Trinajstić information content (AvgIpc) is 3.42. The summed E-state index contributed by atoms with van der Waals surface area (Å²) in [5.41, 5.74) is 3.72. The van der Waals surface area contributed by atoms with Crippen LogP contribution in [0.5, 0.6) is 0 Å². The summed E-state index contributed by atoms with van der Waals surface area (Å²) in [6, 6.07) is 16.2. The summed E-state index contributed by atoms with van der Waals surface area (Å²) in [5.74, 6) is 0.719. The fourth-order valence-corrected chi connectivity index (χ4v) is 7.58. The van der Waals surface area contributed by atoms with Gasteiger partial charge in [0.15, 0.2) is 5.78 Å². The first-order chi connectivity index (χ1) is 18.4. The molecule has 0 N–H and O–H groups in total. The molecule has 2 aliphatic rings. The van der Waals surface area contributed by atoms with Crippen molar-refractivity contribution < 1.29 is 13.7 Å². The number of nitrogens with zero attached hydrogens (tertiary/aromatic N) is 3. The number of ether oxygens (including phenoxy) is 1. The number of thiophene rings is 1. The lowest BCUT2D eigenvalue weighted by atomic mass is 9.84. The topological polar surface area (TPSA) is 83.3 Å². The molecule has 1 saturated heterocycles. The molecule has 1 fully saturated rings. The van der Waals surface area contributed by atoms with Gasteiger partial charge in [0.1, 0.15) is 5.60 Å². The van der Waals surface area contributed by atoms with E-state index in [-0.39, 0.29) is 17.4 Å². The van der Waals surface area contributed by atoms with Gasteiger partial charge in [0.05, 0.1) is 38.8 Å². The number of carbonyl (C=O) groups is 1. The van der Waals surface area contributed by atoms with Gasteiger partial charge in [-0.25, -0.2) is 0 Å². The molecule has 4 heterocycles. The van der Waals surface area contributed by atoms with Gasteiger partial charge in [0.25, 0.3) is 0 Å². The van der Waals surface area contributed by atoms with Crippen molar-refractivity contribution in [2.75, 3.05) is 25.4 Å². The molecule has 2 atom stereocenters. The van der Waals surface area contributed by atoms with E-state index in [1.165, 1.54) is 16.0 Å². The Morgan fingerprint density at radius 1 is 1.24 bits per heavy atom. The predicted molar refractivity (Wildman–Crippen MR) is 150 cm³/mol. The monoisotopic (exact) mass is 547 g/mol. The molecule has 0 radical (unpaired) electrons. The first-order valence-corrected chi connectivity index (χ1v) is 15.4. The van der Waals surface area contributed by atoms with Crippen LogP contribution in [0.25, 0.3) is 0 Å². The number of aryl methyl sites for hydroxylation is 1. The molecule has 198 valence electrons. The second kappa shape index (κ2) is 11.6. The molecule has 5 rings (SSSR count). The summed E-state index contributed by atoms with van der Waals surface area (Å²) < 4.78 is 18.4. The molecule has 2 unspecified atom stereocenters. The molecule has 0 amide bonds. The lowest BCUT2D eigenvalue weighted by Gasteiger charge is -2.45. The highest BCUT2D eigenvalue weighted by atomic mass is 32.2. The summed E-state index contributed by atoms with van der Waals surface area (Å²) in [5, 5.41) is 9.08. The van der Waals surface area contributed by atoms with Gasteiger partial charge in [-0.05, 0) is 74.1 Å². The zero-order chi connectivity index (χ0) is 26.7. The summed E-state index contributed by atoms with van der Waals surface area (Å²) in [7, 11) is -1.01. The van der Waals surface area contributed by atoms with E-state index in [2.05, 4.69) is 41.1 Å². The maximum atomic E-state index is 13.1. The number of aromatic nitrogens is 1. The van der Waals surface area contributed by atoms with Crippen molar-refractivity contribution in [3.8, 4) is 6.07 Å². The number of piperidine rings is 1. The van der Waals surface area contributed by atoms with Crippen LogP contribution in [0.15, 0.2) is 53.6 Å². The van der Waals surface area contributed by atoms with E-state index in [0.717, 1.165) is 47.8 Å². The van der Waals surface area contributed by atoms with Crippen molar-refractivity contribution in [3.63, 3.8) is 0 Å². The van der Waals surface area contributed by atoms with E-state index in [9.17, 15) is 9.00 Å². The molecule has 3 aromatic rings. The van der Waals surface area contributed by atoms with Gasteiger partial charge in [-0.2, -0.15) is 5.26 Å². The van der Waals surface area contributed by atoms with E-state index >= 15 is 0 Å². The molecule has 0 bridgehead atoms. The molecule has 6 nitrogen and oxygen atoms in total. The summed E-state index contributed by atoms with van der Waals surface area (Å²) in [4.78, 5) is 22.8. The van der Waals surface area contributed by atoms with E-state index in [1.54, 1.807) is 17.5 Å². The maximum absolute atomic E-state index is 13.1. The third kappa shape index (κ3) is 5.52. The number of likely N-dealkylation sites (tertiary alicyclic amines) is 1. The van der Waals surface area contributed by atoms with Crippen molar-refractivity contribution in [2.45, 2.75) is 62.5 Å². The van der Waals surface area contributed by atoms with Crippen LogP contribution in [-0.2, 0) is 34.0 Å². The molecule has 2 aliphatic heterocycles. The summed E-state index contributed by atoms with van der Waals surface area (Å²) in [6.45, 7) is 6.65. The van der Waals surface area contributed by atoms with Crippen molar-refractivity contribution in [2.24, 2.45) is 0 Å². The Morgan fingerprint density at radius 3 is 2.66 bits per heavy atom. The highest BCUT2D eigenvalue weighted by Crippen LogP contribution is 2.46. The Labute approximate surface area is 231 Å². The number of benzene rings is 1. The Bertz CT molecular complexity index is 1350. The quantitative estimate of drug-likeness (QED) is 0.342. The smallest absolute Gasteiger partial charge is 0.173 e. The minimum absolute atomic E-state index is 0.148. The molecule has 0 saturated carbocycles. The average molecular weight is 548 g/mol. The van der Waals surface area contributed by atoms with Crippen LogP contribution in [0.4, 0.5) is 0 Å². The number of nitriles is 1. The molecule has 2 aromatic heterocycles. The molecule has 1 aromatic carbocycles. The van der Waals surface area contributed by atoms with Crippen molar-refractivity contribution >= 4 is 27.9 Å². The van der Waals surface area contributed by atoms with Gasteiger partial charge >= 0.3 is 0 Å². The predicted octanol–water partition coefficient (Wildman–Crippen LogP) is 5.58.